The minimum Gasteiger partial charge on any atom is -0.247 e. The smallest absolute Gasteiger partial charge is 0.0201 e. The van der Waals surface area contributed by atoms with Gasteiger partial charge in [-0.15, -0.1) is 0 Å². The first-order valence-corrected chi connectivity index (χ1v) is 3.66. The molecule has 0 aromatic rings. The molecular weight excluding hydrogens is 201 g/mol. The van der Waals surface area contributed by atoms with Crippen LogP contribution in [-0.2, 0) is 0 Å². The van der Waals surface area contributed by atoms with Crippen LogP contribution in [0, 0.1) is 5.92 Å². The van der Waals surface area contributed by atoms with Gasteiger partial charge in [-0.1, -0.05) is 6.92 Å². The van der Waals surface area contributed by atoms with Crippen molar-refractivity contribution in [2.45, 2.75) is 13.3 Å². The molecule has 42 valence electrons. The summed E-state index contributed by atoms with van der Waals surface area (Å²) in [6.07, 6.45) is 1.39. The summed E-state index contributed by atoms with van der Waals surface area (Å²) in [6, 6.07) is 0. The lowest BCUT2D eigenvalue weighted by atomic mass is 10.2. The minimum absolute atomic E-state index is 0.942. The quantitative estimate of drug-likeness (QED) is 0.435. The molecule has 1 rings (SSSR count). The Morgan fingerprint density at radius 3 is 2.57 bits per heavy atom. The third kappa shape index (κ3) is 1.57. The molecule has 0 aromatic heterocycles. The van der Waals surface area contributed by atoms with Crippen LogP contribution in [0.25, 0.3) is 0 Å². The second-order valence-corrected chi connectivity index (χ2v) is 3.63. The maximum Gasteiger partial charge on any atom is 0.0201 e. The van der Waals surface area contributed by atoms with E-state index < -0.39 is 0 Å². The highest BCUT2D eigenvalue weighted by Crippen LogP contribution is 2.17. The molecule has 0 bridgehead atoms. The lowest BCUT2D eigenvalue weighted by molar-refractivity contribution is 0.584. The van der Waals surface area contributed by atoms with Crippen molar-refractivity contribution in [3.8, 4) is 0 Å². The summed E-state index contributed by atoms with van der Waals surface area (Å²) in [5.74, 6) is 0.942. The average Bonchev–Trinajstić information content (AvgIpc) is 1.87. The van der Waals surface area contributed by atoms with Gasteiger partial charge in [0, 0.05) is 36.0 Å². The predicted octanol–water partition coefficient (Wildman–Crippen LogP) is 1.68. The SMILES string of the molecule is C[C@H]1CCN(I)C1. The van der Waals surface area contributed by atoms with Crippen molar-refractivity contribution in [2.24, 2.45) is 5.92 Å². The number of halogens is 1. The van der Waals surface area contributed by atoms with Gasteiger partial charge in [0.2, 0.25) is 0 Å². The van der Waals surface area contributed by atoms with Crippen LogP contribution in [0.3, 0.4) is 0 Å². The van der Waals surface area contributed by atoms with E-state index in [9.17, 15) is 0 Å². The lowest BCUT2D eigenvalue weighted by Crippen LogP contribution is -2.04. The largest absolute Gasteiger partial charge is 0.247 e. The fourth-order valence-corrected chi connectivity index (χ4v) is 1.83. The molecule has 0 amide bonds. The van der Waals surface area contributed by atoms with Crippen LogP contribution in [0.15, 0.2) is 0 Å². The number of hydrogen-bond acceptors (Lipinski definition) is 1. The summed E-state index contributed by atoms with van der Waals surface area (Å²) in [6.45, 7) is 4.89. The molecule has 0 saturated carbocycles. The zero-order valence-electron chi connectivity index (χ0n) is 4.52. The third-order valence-corrected chi connectivity index (χ3v) is 2.25. The summed E-state index contributed by atoms with van der Waals surface area (Å²) >= 11 is 2.38. The highest BCUT2D eigenvalue weighted by molar-refractivity contribution is 14.1. The van der Waals surface area contributed by atoms with Crippen molar-refractivity contribution >= 4 is 22.9 Å². The molecule has 1 aliphatic rings. The van der Waals surface area contributed by atoms with Gasteiger partial charge >= 0.3 is 0 Å². The monoisotopic (exact) mass is 211 g/mol. The Bertz CT molecular complexity index is 57.1. The molecule has 0 radical (unpaired) electrons. The van der Waals surface area contributed by atoms with E-state index in [1.54, 1.807) is 0 Å². The number of nitrogens with zero attached hydrogens (tertiary/aromatic N) is 1. The fourth-order valence-electron chi connectivity index (χ4n) is 0.881. The Morgan fingerprint density at radius 2 is 2.43 bits per heavy atom. The fraction of sp³-hybridized carbons (Fsp3) is 1.00. The highest BCUT2D eigenvalue weighted by Gasteiger charge is 2.14. The second kappa shape index (κ2) is 2.31. The van der Waals surface area contributed by atoms with E-state index in [1.807, 2.05) is 0 Å². The van der Waals surface area contributed by atoms with Gasteiger partial charge in [-0.05, 0) is 12.3 Å². The van der Waals surface area contributed by atoms with E-state index >= 15 is 0 Å². The first kappa shape index (κ1) is 5.82. The topological polar surface area (TPSA) is 3.24 Å². The van der Waals surface area contributed by atoms with Crippen molar-refractivity contribution < 1.29 is 0 Å². The van der Waals surface area contributed by atoms with E-state index in [1.165, 1.54) is 19.5 Å². The highest BCUT2D eigenvalue weighted by atomic mass is 127. The summed E-state index contributed by atoms with van der Waals surface area (Å²) in [5, 5.41) is 0. The van der Waals surface area contributed by atoms with E-state index in [0.717, 1.165) is 5.92 Å². The van der Waals surface area contributed by atoms with Gasteiger partial charge in [0.25, 0.3) is 0 Å². The van der Waals surface area contributed by atoms with Crippen LogP contribution >= 0.6 is 22.9 Å². The zero-order valence-corrected chi connectivity index (χ0v) is 6.68. The van der Waals surface area contributed by atoms with Gasteiger partial charge in [0.1, 0.15) is 0 Å². The Kier molecular flexibility index (Phi) is 1.92. The van der Waals surface area contributed by atoms with Crippen LogP contribution in [0.4, 0.5) is 0 Å². The molecule has 2 heteroatoms. The Hall–Kier alpha value is 0.690. The van der Waals surface area contributed by atoms with Gasteiger partial charge in [0.15, 0.2) is 0 Å². The van der Waals surface area contributed by atoms with Gasteiger partial charge in [-0.2, -0.15) is 0 Å². The van der Waals surface area contributed by atoms with Gasteiger partial charge in [-0.3, -0.25) is 0 Å². The van der Waals surface area contributed by atoms with Crippen LogP contribution in [-0.4, -0.2) is 16.2 Å². The lowest BCUT2D eigenvalue weighted by Gasteiger charge is -2.00. The van der Waals surface area contributed by atoms with Gasteiger partial charge in [0.05, 0.1) is 0 Å². The van der Waals surface area contributed by atoms with Crippen LogP contribution in [0.1, 0.15) is 13.3 Å². The van der Waals surface area contributed by atoms with Crippen molar-refractivity contribution in [1.82, 2.24) is 3.11 Å². The van der Waals surface area contributed by atoms with Gasteiger partial charge in [-0.25, -0.2) is 3.11 Å². The zero-order chi connectivity index (χ0) is 5.28. The summed E-state index contributed by atoms with van der Waals surface area (Å²) in [4.78, 5) is 0. The molecule has 1 nitrogen and oxygen atoms in total. The molecule has 1 aliphatic heterocycles. The summed E-state index contributed by atoms with van der Waals surface area (Å²) < 4.78 is 2.35. The van der Waals surface area contributed by atoms with Gasteiger partial charge < -0.3 is 0 Å². The first-order valence-electron chi connectivity index (χ1n) is 2.70. The van der Waals surface area contributed by atoms with Crippen LogP contribution < -0.4 is 0 Å². The van der Waals surface area contributed by atoms with E-state index in [2.05, 4.69) is 32.9 Å². The van der Waals surface area contributed by atoms with E-state index in [4.69, 9.17) is 0 Å². The molecule has 0 aromatic carbocycles. The van der Waals surface area contributed by atoms with Crippen molar-refractivity contribution in [3.05, 3.63) is 0 Å². The molecule has 1 saturated heterocycles. The molecule has 0 unspecified atom stereocenters. The summed E-state index contributed by atoms with van der Waals surface area (Å²) in [5.41, 5.74) is 0. The molecule has 1 atom stereocenters. The predicted molar refractivity (Wildman–Crippen MR) is 39.4 cm³/mol. The molecule has 0 spiro atoms. The Balaban J connectivity index is 2.26. The number of hydrogen-bond donors (Lipinski definition) is 0. The van der Waals surface area contributed by atoms with Crippen LogP contribution in [0.2, 0.25) is 0 Å². The van der Waals surface area contributed by atoms with Crippen molar-refractivity contribution in [3.63, 3.8) is 0 Å². The molecule has 7 heavy (non-hydrogen) atoms. The molecule has 0 aliphatic carbocycles. The van der Waals surface area contributed by atoms with Crippen LogP contribution in [0.5, 0.6) is 0 Å². The first-order chi connectivity index (χ1) is 3.29. The van der Waals surface area contributed by atoms with E-state index in [-0.39, 0.29) is 0 Å². The molecule has 0 N–H and O–H groups in total. The normalized spacial score (nSPS) is 34.3. The minimum atomic E-state index is 0.942. The number of rotatable bonds is 0. The summed E-state index contributed by atoms with van der Waals surface area (Å²) in [7, 11) is 0. The van der Waals surface area contributed by atoms with E-state index in [0.29, 0.717) is 0 Å². The third-order valence-electron chi connectivity index (χ3n) is 1.37. The average molecular weight is 211 g/mol. The Morgan fingerprint density at radius 1 is 1.71 bits per heavy atom. The molecule has 1 heterocycles. The maximum absolute atomic E-state index is 2.38. The Labute approximate surface area is 58.6 Å². The molecule has 1 fully saturated rings. The maximum atomic E-state index is 2.38. The van der Waals surface area contributed by atoms with Crippen molar-refractivity contribution in [2.75, 3.05) is 13.1 Å². The second-order valence-electron chi connectivity index (χ2n) is 2.26. The standard InChI is InChI=1S/C5H10IN/c1-5-2-3-7(6)4-5/h5H,2-4H2,1H3/t5-/m0/s1. The molecular formula is C5H10IN. The van der Waals surface area contributed by atoms with Crippen molar-refractivity contribution in [1.29, 1.82) is 0 Å².